The summed E-state index contributed by atoms with van der Waals surface area (Å²) in [6, 6.07) is 10.3. The van der Waals surface area contributed by atoms with Crippen LogP contribution in [0.15, 0.2) is 42.7 Å². The van der Waals surface area contributed by atoms with Crippen molar-refractivity contribution in [2.75, 3.05) is 32.1 Å². The summed E-state index contributed by atoms with van der Waals surface area (Å²) in [4.78, 5) is 25.4. The first-order valence-electron chi connectivity index (χ1n) is 8.89. The van der Waals surface area contributed by atoms with Gasteiger partial charge in [-0.25, -0.2) is 4.98 Å². The van der Waals surface area contributed by atoms with Crippen LogP contribution >= 0.6 is 11.3 Å². The van der Waals surface area contributed by atoms with Crippen molar-refractivity contribution >= 4 is 33.1 Å². The van der Waals surface area contributed by atoms with Crippen LogP contribution in [0.4, 0.5) is 5.69 Å². The van der Waals surface area contributed by atoms with E-state index >= 15 is 0 Å². The Kier molecular flexibility index (Phi) is 4.59. The van der Waals surface area contributed by atoms with Crippen molar-refractivity contribution in [3.05, 3.63) is 42.7 Å². The van der Waals surface area contributed by atoms with Crippen molar-refractivity contribution in [3.8, 4) is 10.6 Å². The van der Waals surface area contributed by atoms with Crippen LogP contribution in [0.25, 0.3) is 20.8 Å². The van der Waals surface area contributed by atoms with Crippen LogP contribution < -0.4 is 4.90 Å². The molecule has 1 aliphatic rings. The number of hydrogen-bond acceptors (Lipinski definition) is 5. The Morgan fingerprint density at radius 3 is 2.69 bits per heavy atom. The summed E-state index contributed by atoms with van der Waals surface area (Å²) in [7, 11) is 3.67. The molecule has 3 aromatic rings. The summed E-state index contributed by atoms with van der Waals surface area (Å²) in [5.74, 6) is 0.367. The van der Waals surface area contributed by atoms with E-state index < -0.39 is 0 Å². The number of fused-ring (bicyclic) bond motifs is 1. The van der Waals surface area contributed by atoms with Crippen LogP contribution in [0.5, 0.6) is 0 Å². The smallest absolute Gasteiger partial charge is 0.225 e. The zero-order valence-corrected chi connectivity index (χ0v) is 15.9. The number of carbonyl (C=O) groups excluding carboxylic acids is 1. The maximum absolute atomic E-state index is 12.2. The Balaban J connectivity index is 1.60. The number of piperidine rings is 1. The highest BCUT2D eigenvalue weighted by atomic mass is 32.1. The highest BCUT2D eigenvalue weighted by Crippen LogP contribution is 2.37. The SMILES string of the molecule is CN(C)C(=O)C1CCN(c2cnccc2-c2nc3ccccc3s2)CC1. The van der Waals surface area contributed by atoms with Gasteiger partial charge in [0.05, 0.1) is 22.1 Å². The molecule has 0 saturated carbocycles. The van der Waals surface area contributed by atoms with Crippen LogP contribution in [-0.4, -0.2) is 48.0 Å². The fourth-order valence-corrected chi connectivity index (χ4v) is 4.54. The first kappa shape index (κ1) is 17.0. The second kappa shape index (κ2) is 7.03. The third kappa shape index (κ3) is 3.17. The third-order valence-corrected chi connectivity index (χ3v) is 6.02. The van der Waals surface area contributed by atoms with Gasteiger partial charge in [-0.05, 0) is 31.0 Å². The molecule has 1 amide bonds. The number of thiazole rings is 1. The second-order valence-electron chi connectivity index (χ2n) is 6.87. The number of pyridine rings is 1. The van der Waals surface area contributed by atoms with Crippen LogP contribution in [0.3, 0.4) is 0 Å². The molecule has 4 rings (SSSR count). The molecule has 26 heavy (non-hydrogen) atoms. The molecule has 5 nitrogen and oxygen atoms in total. The molecule has 2 aromatic heterocycles. The number of nitrogens with zero attached hydrogens (tertiary/aromatic N) is 4. The number of aromatic nitrogens is 2. The Hall–Kier alpha value is -2.47. The highest BCUT2D eigenvalue weighted by molar-refractivity contribution is 7.21. The van der Waals surface area contributed by atoms with Gasteiger partial charge in [-0.1, -0.05) is 12.1 Å². The molecule has 0 N–H and O–H groups in total. The second-order valence-corrected chi connectivity index (χ2v) is 7.90. The van der Waals surface area contributed by atoms with E-state index in [0.29, 0.717) is 0 Å². The van der Waals surface area contributed by atoms with Crippen molar-refractivity contribution in [3.63, 3.8) is 0 Å². The molecule has 6 heteroatoms. The lowest BCUT2D eigenvalue weighted by molar-refractivity contribution is -0.133. The number of amides is 1. The van der Waals surface area contributed by atoms with Crippen LogP contribution in [0.1, 0.15) is 12.8 Å². The van der Waals surface area contributed by atoms with Crippen molar-refractivity contribution < 1.29 is 4.79 Å². The van der Waals surface area contributed by atoms with E-state index in [9.17, 15) is 4.79 Å². The monoisotopic (exact) mass is 366 g/mol. The van der Waals surface area contributed by atoms with E-state index in [1.807, 2.05) is 44.7 Å². The number of hydrogen-bond donors (Lipinski definition) is 0. The summed E-state index contributed by atoms with van der Waals surface area (Å²) < 4.78 is 1.19. The third-order valence-electron chi connectivity index (χ3n) is 4.95. The fraction of sp³-hybridized carbons (Fsp3) is 0.350. The summed E-state index contributed by atoms with van der Waals surface area (Å²) >= 11 is 1.71. The average molecular weight is 366 g/mol. The van der Waals surface area contributed by atoms with Gasteiger partial charge < -0.3 is 9.80 Å². The number of para-hydroxylation sites is 1. The quantitative estimate of drug-likeness (QED) is 0.710. The van der Waals surface area contributed by atoms with Gasteiger partial charge >= 0.3 is 0 Å². The van der Waals surface area contributed by atoms with Gasteiger partial charge in [-0.3, -0.25) is 9.78 Å². The molecule has 1 fully saturated rings. The molecular formula is C20H22N4OS. The zero-order chi connectivity index (χ0) is 18.1. The predicted molar refractivity (Wildman–Crippen MR) is 106 cm³/mol. The fourth-order valence-electron chi connectivity index (χ4n) is 3.54. The minimum atomic E-state index is 0.129. The molecule has 0 bridgehead atoms. The molecule has 0 spiro atoms. The molecule has 1 aliphatic heterocycles. The average Bonchev–Trinajstić information content (AvgIpc) is 3.11. The largest absolute Gasteiger partial charge is 0.370 e. The number of anilines is 1. The molecule has 0 aliphatic carbocycles. The van der Waals surface area contributed by atoms with Crippen molar-refractivity contribution in [1.29, 1.82) is 0 Å². The number of carbonyl (C=O) groups is 1. The van der Waals surface area contributed by atoms with Crippen LogP contribution in [-0.2, 0) is 4.79 Å². The molecule has 134 valence electrons. The van der Waals surface area contributed by atoms with E-state index in [0.717, 1.165) is 47.7 Å². The van der Waals surface area contributed by atoms with Gasteiger partial charge in [-0.2, -0.15) is 0 Å². The van der Waals surface area contributed by atoms with E-state index in [1.165, 1.54) is 4.70 Å². The number of rotatable bonds is 3. The topological polar surface area (TPSA) is 49.3 Å². The minimum Gasteiger partial charge on any atom is -0.370 e. The Morgan fingerprint density at radius 2 is 1.96 bits per heavy atom. The van der Waals surface area contributed by atoms with Gasteiger partial charge in [0.25, 0.3) is 0 Å². The van der Waals surface area contributed by atoms with Gasteiger partial charge in [0, 0.05) is 44.9 Å². The van der Waals surface area contributed by atoms with Crippen LogP contribution in [0, 0.1) is 5.92 Å². The Morgan fingerprint density at radius 1 is 1.19 bits per heavy atom. The highest BCUT2D eigenvalue weighted by Gasteiger charge is 2.27. The van der Waals surface area contributed by atoms with E-state index in [4.69, 9.17) is 4.98 Å². The lowest BCUT2D eigenvalue weighted by Gasteiger charge is -2.34. The standard InChI is InChI=1S/C20H22N4OS/c1-23(2)20(25)14-8-11-24(12-9-14)17-13-21-10-7-15(17)19-22-16-5-3-4-6-18(16)26-19/h3-7,10,13-14H,8-9,11-12H2,1-2H3. The first-order chi connectivity index (χ1) is 12.6. The van der Waals surface area contributed by atoms with Crippen LogP contribution in [0.2, 0.25) is 0 Å². The minimum absolute atomic E-state index is 0.129. The molecule has 1 saturated heterocycles. The molecule has 3 heterocycles. The normalized spacial score (nSPS) is 15.4. The zero-order valence-electron chi connectivity index (χ0n) is 15.1. The Labute approximate surface area is 157 Å². The van der Waals surface area contributed by atoms with Gasteiger partial charge in [0.15, 0.2) is 0 Å². The molecule has 0 radical (unpaired) electrons. The first-order valence-corrected chi connectivity index (χ1v) is 9.71. The summed E-state index contributed by atoms with van der Waals surface area (Å²) in [5, 5.41) is 1.02. The molecular weight excluding hydrogens is 344 g/mol. The van der Waals surface area contributed by atoms with E-state index in [-0.39, 0.29) is 11.8 Å². The predicted octanol–water partition coefficient (Wildman–Crippen LogP) is 3.66. The van der Waals surface area contributed by atoms with Gasteiger partial charge in [0.2, 0.25) is 5.91 Å². The van der Waals surface area contributed by atoms with Crippen molar-refractivity contribution in [2.24, 2.45) is 5.92 Å². The van der Waals surface area contributed by atoms with Gasteiger partial charge in [-0.15, -0.1) is 11.3 Å². The lowest BCUT2D eigenvalue weighted by Crippen LogP contribution is -2.40. The molecule has 0 unspecified atom stereocenters. The van der Waals surface area contributed by atoms with E-state index in [2.05, 4.69) is 22.0 Å². The van der Waals surface area contributed by atoms with Crippen molar-refractivity contribution in [1.82, 2.24) is 14.9 Å². The van der Waals surface area contributed by atoms with E-state index in [1.54, 1.807) is 16.2 Å². The maximum atomic E-state index is 12.2. The molecule has 1 aromatic carbocycles. The summed E-state index contributed by atoms with van der Waals surface area (Å²) in [6.07, 6.45) is 5.51. The van der Waals surface area contributed by atoms with Crippen molar-refractivity contribution in [2.45, 2.75) is 12.8 Å². The molecule has 0 atom stereocenters. The number of benzene rings is 1. The summed E-state index contributed by atoms with van der Waals surface area (Å²) in [5.41, 5.74) is 3.27. The summed E-state index contributed by atoms with van der Waals surface area (Å²) in [6.45, 7) is 1.74. The Bertz CT molecular complexity index is 895. The van der Waals surface area contributed by atoms with Gasteiger partial charge in [0.1, 0.15) is 5.01 Å². The lowest BCUT2D eigenvalue weighted by atomic mass is 9.95. The maximum Gasteiger partial charge on any atom is 0.225 e.